The van der Waals surface area contributed by atoms with Gasteiger partial charge in [0.25, 0.3) is 5.91 Å². The smallest absolute Gasteiger partial charge is 0.251 e. The summed E-state index contributed by atoms with van der Waals surface area (Å²) in [7, 11) is 2.18. The molecule has 2 heterocycles. The van der Waals surface area contributed by atoms with E-state index in [4.69, 9.17) is 0 Å². The second-order valence-electron chi connectivity index (χ2n) is 6.50. The Bertz CT molecular complexity index is 655. The average Bonchev–Trinajstić information content (AvgIpc) is 3.09. The third-order valence-corrected chi connectivity index (χ3v) is 4.57. The maximum absolute atomic E-state index is 12.2. The summed E-state index contributed by atoms with van der Waals surface area (Å²) in [5, 5.41) is 10.7. The van der Waals surface area contributed by atoms with E-state index < -0.39 is 0 Å². The minimum absolute atomic E-state index is 0.0271. The Morgan fingerprint density at radius 1 is 1.16 bits per heavy atom. The molecule has 0 aliphatic carbocycles. The molecule has 1 aliphatic rings. The lowest BCUT2D eigenvalue weighted by molar-refractivity contribution is 0.0951. The van der Waals surface area contributed by atoms with E-state index in [0.717, 1.165) is 38.3 Å². The molecule has 1 N–H and O–H groups in total. The number of likely N-dealkylation sites (N-methyl/N-ethyl adjacent to an activating group) is 1. The van der Waals surface area contributed by atoms with Crippen molar-refractivity contribution >= 4 is 5.91 Å². The van der Waals surface area contributed by atoms with Gasteiger partial charge in [-0.15, -0.1) is 5.10 Å². The molecule has 2 aromatic rings. The quantitative estimate of drug-likeness (QED) is 0.794. The first-order chi connectivity index (χ1) is 12.2. The number of nitrogens with one attached hydrogen (secondary N) is 1. The average molecular weight is 342 g/mol. The molecule has 1 aromatic heterocycles. The lowest BCUT2D eigenvalue weighted by Gasteiger charge is -2.19. The Balaban J connectivity index is 1.40. The second-order valence-corrected chi connectivity index (χ2v) is 6.50. The molecule has 0 unspecified atom stereocenters. The summed E-state index contributed by atoms with van der Waals surface area (Å²) in [6, 6.07) is 7.38. The van der Waals surface area contributed by atoms with Crippen LogP contribution in [-0.4, -0.2) is 77.0 Å². The van der Waals surface area contributed by atoms with Crippen molar-refractivity contribution in [3.63, 3.8) is 0 Å². The molecule has 7 heteroatoms. The number of hydrogen-bond donors (Lipinski definition) is 1. The van der Waals surface area contributed by atoms with Crippen molar-refractivity contribution in [2.75, 3.05) is 46.3 Å². The topological polar surface area (TPSA) is 66.3 Å². The van der Waals surface area contributed by atoms with Gasteiger partial charge in [0.2, 0.25) is 0 Å². The molecule has 1 amide bonds. The minimum Gasteiger partial charge on any atom is -0.352 e. The normalized spacial score (nSPS) is 16.5. The van der Waals surface area contributed by atoms with E-state index in [1.807, 2.05) is 24.3 Å². The van der Waals surface area contributed by atoms with Crippen molar-refractivity contribution in [3.8, 4) is 5.69 Å². The lowest BCUT2D eigenvalue weighted by Crippen LogP contribution is -2.32. The molecule has 0 bridgehead atoms. The standard InChI is InChI=1S/C18H26N6O/c1-22-10-3-12-23(15-14-22)11-2-8-19-18(25)16-4-6-17(7-5-16)24-13-9-20-21-24/h4-7,9,13H,2-3,8,10-12,14-15H2,1H3,(H,19,25). The van der Waals surface area contributed by atoms with E-state index >= 15 is 0 Å². The van der Waals surface area contributed by atoms with E-state index in [1.165, 1.54) is 13.0 Å². The van der Waals surface area contributed by atoms with Gasteiger partial charge in [-0.05, 0) is 63.8 Å². The van der Waals surface area contributed by atoms with Crippen LogP contribution in [0.5, 0.6) is 0 Å². The number of benzene rings is 1. The molecule has 1 aliphatic heterocycles. The molecule has 1 fully saturated rings. The molecular weight excluding hydrogens is 316 g/mol. The van der Waals surface area contributed by atoms with Crippen LogP contribution in [-0.2, 0) is 0 Å². The van der Waals surface area contributed by atoms with Crippen LogP contribution in [0.1, 0.15) is 23.2 Å². The van der Waals surface area contributed by atoms with Gasteiger partial charge in [0.15, 0.2) is 0 Å². The fraction of sp³-hybridized carbons (Fsp3) is 0.500. The summed E-state index contributed by atoms with van der Waals surface area (Å²) in [5.41, 5.74) is 1.56. The zero-order chi connectivity index (χ0) is 17.5. The minimum atomic E-state index is -0.0271. The number of carbonyl (C=O) groups excluding carboxylic acids is 1. The zero-order valence-electron chi connectivity index (χ0n) is 14.8. The van der Waals surface area contributed by atoms with Crippen molar-refractivity contribution < 1.29 is 4.79 Å². The molecule has 3 rings (SSSR count). The molecule has 1 aromatic carbocycles. The summed E-state index contributed by atoms with van der Waals surface area (Å²) in [5.74, 6) is -0.0271. The molecule has 25 heavy (non-hydrogen) atoms. The molecule has 0 saturated carbocycles. The van der Waals surface area contributed by atoms with Crippen LogP contribution in [0.4, 0.5) is 0 Å². The van der Waals surface area contributed by atoms with Crippen LogP contribution in [0.15, 0.2) is 36.7 Å². The highest BCUT2D eigenvalue weighted by molar-refractivity contribution is 5.94. The third kappa shape index (κ3) is 5.11. The van der Waals surface area contributed by atoms with Crippen molar-refractivity contribution in [1.82, 2.24) is 30.1 Å². The summed E-state index contributed by atoms with van der Waals surface area (Å²) in [6.07, 6.45) is 5.60. The fourth-order valence-corrected chi connectivity index (χ4v) is 3.04. The zero-order valence-corrected chi connectivity index (χ0v) is 14.8. The third-order valence-electron chi connectivity index (χ3n) is 4.57. The van der Waals surface area contributed by atoms with Gasteiger partial charge >= 0.3 is 0 Å². The Morgan fingerprint density at radius 2 is 2.00 bits per heavy atom. The Hall–Kier alpha value is -2.25. The molecule has 0 atom stereocenters. The van der Waals surface area contributed by atoms with Crippen LogP contribution in [0.3, 0.4) is 0 Å². The monoisotopic (exact) mass is 342 g/mol. The van der Waals surface area contributed by atoms with Crippen molar-refractivity contribution in [2.24, 2.45) is 0 Å². The number of aromatic nitrogens is 3. The fourth-order valence-electron chi connectivity index (χ4n) is 3.04. The first-order valence-corrected chi connectivity index (χ1v) is 8.88. The Morgan fingerprint density at radius 3 is 2.76 bits per heavy atom. The van der Waals surface area contributed by atoms with Crippen LogP contribution in [0, 0.1) is 0 Å². The lowest BCUT2D eigenvalue weighted by atomic mass is 10.2. The van der Waals surface area contributed by atoms with E-state index in [-0.39, 0.29) is 5.91 Å². The molecule has 0 spiro atoms. The first kappa shape index (κ1) is 17.6. The second kappa shape index (κ2) is 8.73. The van der Waals surface area contributed by atoms with E-state index in [9.17, 15) is 4.79 Å². The van der Waals surface area contributed by atoms with E-state index in [1.54, 1.807) is 17.1 Å². The van der Waals surface area contributed by atoms with Gasteiger partial charge < -0.3 is 15.1 Å². The number of carbonyl (C=O) groups is 1. The molecule has 134 valence electrons. The highest BCUT2D eigenvalue weighted by Crippen LogP contribution is 2.08. The van der Waals surface area contributed by atoms with E-state index in [2.05, 4.69) is 32.5 Å². The van der Waals surface area contributed by atoms with Gasteiger partial charge in [0.05, 0.1) is 18.1 Å². The van der Waals surface area contributed by atoms with Gasteiger partial charge in [-0.1, -0.05) is 5.21 Å². The Kier molecular flexibility index (Phi) is 6.14. The maximum Gasteiger partial charge on any atom is 0.251 e. The SMILES string of the molecule is CN1CCCN(CCCNC(=O)c2ccc(-n3ccnn3)cc2)CC1. The Labute approximate surface area is 148 Å². The number of nitrogens with zero attached hydrogens (tertiary/aromatic N) is 5. The highest BCUT2D eigenvalue weighted by atomic mass is 16.1. The largest absolute Gasteiger partial charge is 0.352 e. The van der Waals surface area contributed by atoms with Gasteiger partial charge in [0, 0.05) is 25.2 Å². The highest BCUT2D eigenvalue weighted by Gasteiger charge is 2.11. The molecule has 1 saturated heterocycles. The summed E-state index contributed by atoms with van der Waals surface area (Å²) in [6.45, 7) is 6.33. The maximum atomic E-state index is 12.2. The van der Waals surface area contributed by atoms with E-state index in [0.29, 0.717) is 12.1 Å². The van der Waals surface area contributed by atoms with Gasteiger partial charge in [0.1, 0.15) is 0 Å². The predicted molar refractivity (Wildman–Crippen MR) is 96.9 cm³/mol. The predicted octanol–water partition coefficient (Wildman–Crippen LogP) is 1.02. The first-order valence-electron chi connectivity index (χ1n) is 8.88. The van der Waals surface area contributed by atoms with Gasteiger partial charge in [-0.2, -0.15) is 0 Å². The number of amides is 1. The van der Waals surface area contributed by atoms with Crippen molar-refractivity contribution in [2.45, 2.75) is 12.8 Å². The van der Waals surface area contributed by atoms with Crippen molar-refractivity contribution in [1.29, 1.82) is 0 Å². The number of rotatable bonds is 6. The van der Waals surface area contributed by atoms with Gasteiger partial charge in [-0.3, -0.25) is 4.79 Å². The van der Waals surface area contributed by atoms with Crippen LogP contribution < -0.4 is 5.32 Å². The van der Waals surface area contributed by atoms with Crippen molar-refractivity contribution in [3.05, 3.63) is 42.2 Å². The molecular formula is C18H26N6O. The molecule has 0 radical (unpaired) electrons. The van der Waals surface area contributed by atoms with Gasteiger partial charge in [-0.25, -0.2) is 4.68 Å². The molecule has 7 nitrogen and oxygen atoms in total. The van der Waals surface area contributed by atoms with Crippen LogP contribution >= 0.6 is 0 Å². The van der Waals surface area contributed by atoms with Crippen LogP contribution in [0.2, 0.25) is 0 Å². The summed E-state index contributed by atoms with van der Waals surface area (Å²) < 4.78 is 1.67. The number of hydrogen-bond acceptors (Lipinski definition) is 5. The van der Waals surface area contributed by atoms with Crippen LogP contribution in [0.25, 0.3) is 5.69 Å². The summed E-state index contributed by atoms with van der Waals surface area (Å²) in [4.78, 5) is 17.1. The summed E-state index contributed by atoms with van der Waals surface area (Å²) >= 11 is 0.